The van der Waals surface area contributed by atoms with E-state index in [9.17, 15) is 4.79 Å². The molecule has 2 N–H and O–H groups in total. The Bertz CT molecular complexity index is 1100. The third-order valence-electron chi connectivity index (χ3n) is 4.60. The Morgan fingerprint density at radius 2 is 2.07 bits per heavy atom. The fraction of sp³-hybridized carbons (Fsp3) is 0.190. The molecule has 0 spiro atoms. The summed E-state index contributed by atoms with van der Waals surface area (Å²) >= 11 is 0. The standard InChI is InChI=1S/C21H21N5O2/c1-14(17-11-22-26(13-17)12-15-6-4-3-5-7-15)23-21(27)18-10-16-8-9-19(28-2)25-20(16)24-18/h3-11,13-14H,12H2,1-2H3,(H,23,27)(H,24,25). The highest BCUT2D eigenvalue weighted by atomic mass is 16.5. The van der Waals surface area contributed by atoms with Crippen LogP contribution in [-0.2, 0) is 6.54 Å². The Balaban J connectivity index is 1.44. The minimum atomic E-state index is -0.194. The van der Waals surface area contributed by atoms with Gasteiger partial charge in [-0.3, -0.25) is 9.48 Å². The molecule has 4 aromatic rings. The van der Waals surface area contributed by atoms with Crippen LogP contribution < -0.4 is 10.1 Å². The molecule has 3 heterocycles. The van der Waals surface area contributed by atoms with Gasteiger partial charge in [0.2, 0.25) is 5.88 Å². The fourth-order valence-corrected chi connectivity index (χ4v) is 3.04. The first-order chi connectivity index (χ1) is 13.6. The van der Waals surface area contributed by atoms with Crippen molar-refractivity contribution in [1.29, 1.82) is 0 Å². The molecule has 0 radical (unpaired) electrons. The van der Waals surface area contributed by atoms with Gasteiger partial charge in [-0.05, 0) is 24.6 Å². The summed E-state index contributed by atoms with van der Waals surface area (Å²) in [7, 11) is 1.56. The summed E-state index contributed by atoms with van der Waals surface area (Å²) in [6, 6.07) is 15.4. The van der Waals surface area contributed by atoms with E-state index < -0.39 is 0 Å². The molecule has 1 amide bonds. The summed E-state index contributed by atoms with van der Waals surface area (Å²) in [5, 5.41) is 8.25. The van der Waals surface area contributed by atoms with E-state index in [1.807, 2.05) is 42.1 Å². The zero-order valence-electron chi connectivity index (χ0n) is 15.7. The first-order valence-electron chi connectivity index (χ1n) is 9.03. The maximum atomic E-state index is 12.6. The number of hydrogen-bond acceptors (Lipinski definition) is 4. The van der Waals surface area contributed by atoms with Gasteiger partial charge in [0, 0.05) is 23.2 Å². The molecule has 0 saturated heterocycles. The molecular weight excluding hydrogens is 354 g/mol. The number of aromatic amines is 1. The van der Waals surface area contributed by atoms with E-state index in [4.69, 9.17) is 4.74 Å². The van der Waals surface area contributed by atoms with Gasteiger partial charge in [-0.25, -0.2) is 0 Å². The average molecular weight is 375 g/mol. The molecule has 28 heavy (non-hydrogen) atoms. The largest absolute Gasteiger partial charge is 0.481 e. The van der Waals surface area contributed by atoms with E-state index in [0.29, 0.717) is 23.8 Å². The topological polar surface area (TPSA) is 84.8 Å². The summed E-state index contributed by atoms with van der Waals surface area (Å²) in [5.41, 5.74) is 3.20. The Labute approximate surface area is 162 Å². The van der Waals surface area contributed by atoms with Crippen molar-refractivity contribution in [3.05, 3.63) is 77.7 Å². The second-order valence-corrected chi connectivity index (χ2v) is 6.63. The van der Waals surface area contributed by atoms with Crippen LogP contribution in [0.5, 0.6) is 5.88 Å². The molecule has 1 atom stereocenters. The first kappa shape index (κ1) is 17.8. The van der Waals surface area contributed by atoms with Gasteiger partial charge in [-0.2, -0.15) is 10.1 Å². The highest BCUT2D eigenvalue weighted by Crippen LogP contribution is 2.18. The summed E-state index contributed by atoms with van der Waals surface area (Å²) in [4.78, 5) is 20.0. The maximum Gasteiger partial charge on any atom is 0.268 e. The summed E-state index contributed by atoms with van der Waals surface area (Å²) in [6.45, 7) is 2.63. The van der Waals surface area contributed by atoms with Crippen LogP contribution in [0.15, 0.2) is 60.9 Å². The number of amides is 1. The van der Waals surface area contributed by atoms with Gasteiger partial charge < -0.3 is 15.0 Å². The van der Waals surface area contributed by atoms with Crippen molar-refractivity contribution >= 4 is 16.9 Å². The van der Waals surface area contributed by atoms with Crippen LogP contribution in [0.3, 0.4) is 0 Å². The van der Waals surface area contributed by atoms with E-state index in [-0.39, 0.29) is 11.9 Å². The van der Waals surface area contributed by atoms with Gasteiger partial charge in [0.15, 0.2) is 0 Å². The lowest BCUT2D eigenvalue weighted by Gasteiger charge is -2.11. The Kier molecular flexibility index (Phi) is 4.80. The molecule has 0 aliphatic heterocycles. The number of rotatable bonds is 6. The van der Waals surface area contributed by atoms with Gasteiger partial charge in [0.25, 0.3) is 5.91 Å². The number of nitrogens with one attached hydrogen (secondary N) is 2. The summed E-state index contributed by atoms with van der Waals surface area (Å²) in [5.74, 6) is 0.306. The molecular formula is C21H21N5O2. The van der Waals surface area contributed by atoms with Crippen molar-refractivity contribution in [3.8, 4) is 5.88 Å². The number of ether oxygens (including phenoxy) is 1. The fourth-order valence-electron chi connectivity index (χ4n) is 3.04. The Morgan fingerprint density at radius 1 is 1.25 bits per heavy atom. The van der Waals surface area contributed by atoms with Crippen molar-refractivity contribution in [2.45, 2.75) is 19.5 Å². The van der Waals surface area contributed by atoms with Gasteiger partial charge in [0.1, 0.15) is 11.3 Å². The van der Waals surface area contributed by atoms with E-state index in [0.717, 1.165) is 10.9 Å². The van der Waals surface area contributed by atoms with E-state index in [1.54, 1.807) is 25.4 Å². The molecule has 3 aromatic heterocycles. The SMILES string of the molecule is COc1ccc2cc(C(=O)NC(C)c3cnn(Cc4ccccc4)c3)[nH]c2n1. The minimum Gasteiger partial charge on any atom is -0.481 e. The van der Waals surface area contributed by atoms with E-state index in [2.05, 4.69) is 32.5 Å². The summed E-state index contributed by atoms with van der Waals surface area (Å²) < 4.78 is 6.99. The number of methoxy groups -OCH3 is 1. The van der Waals surface area contributed by atoms with Crippen molar-refractivity contribution in [2.75, 3.05) is 7.11 Å². The number of aromatic nitrogens is 4. The predicted molar refractivity (Wildman–Crippen MR) is 106 cm³/mol. The smallest absolute Gasteiger partial charge is 0.268 e. The number of pyridine rings is 1. The molecule has 7 nitrogen and oxygen atoms in total. The lowest BCUT2D eigenvalue weighted by Crippen LogP contribution is -2.26. The number of carbonyl (C=O) groups is 1. The van der Waals surface area contributed by atoms with Crippen molar-refractivity contribution in [1.82, 2.24) is 25.1 Å². The van der Waals surface area contributed by atoms with Crippen LogP contribution in [-0.4, -0.2) is 32.8 Å². The van der Waals surface area contributed by atoms with Crippen LogP contribution in [0, 0.1) is 0 Å². The van der Waals surface area contributed by atoms with Gasteiger partial charge in [0.05, 0.1) is 25.9 Å². The van der Waals surface area contributed by atoms with Crippen LogP contribution >= 0.6 is 0 Å². The molecule has 7 heteroatoms. The lowest BCUT2D eigenvalue weighted by atomic mass is 10.2. The molecule has 1 aromatic carbocycles. The van der Waals surface area contributed by atoms with Crippen molar-refractivity contribution in [3.63, 3.8) is 0 Å². The quantitative estimate of drug-likeness (QED) is 0.541. The zero-order valence-corrected chi connectivity index (χ0v) is 15.7. The monoisotopic (exact) mass is 375 g/mol. The maximum absolute atomic E-state index is 12.6. The van der Waals surface area contributed by atoms with Crippen LogP contribution in [0.2, 0.25) is 0 Å². The number of carbonyl (C=O) groups excluding carboxylic acids is 1. The molecule has 1 unspecified atom stereocenters. The number of benzene rings is 1. The number of fused-ring (bicyclic) bond motifs is 1. The second-order valence-electron chi connectivity index (χ2n) is 6.63. The molecule has 0 aliphatic rings. The van der Waals surface area contributed by atoms with Gasteiger partial charge in [-0.15, -0.1) is 0 Å². The first-order valence-corrected chi connectivity index (χ1v) is 9.03. The molecule has 0 bridgehead atoms. The van der Waals surface area contributed by atoms with Crippen molar-refractivity contribution in [2.24, 2.45) is 0 Å². The van der Waals surface area contributed by atoms with Crippen LogP contribution in [0.4, 0.5) is 0 Å². The highest BCUT2D eigenvalue weighted by Gasteiger charge is 2.15. The highest BCUT2D eigenvalue weighted by molar-refractivity contribution is 5.97. The number of H-pyrrole nitrogens is 1. The number of nitrogens with zero attached hydrogens (tertiary/aromatic N) is 3. The third kappa shape index (κ3) is 3.73. The predicted octanol–water partition coefficient (Wildman–Crippen LogP) is 3.31. The average Bonchev–Trinajstić information content (AvgIpc) is 3.35. The minimum absolute atomic E-state index is 0.175. The van der Waals surface area contributed by atoms with Crippen LogP contribution in [0.1, 0.15) is 34.6 Å². The van der Waals surface area contributed by atoms with Gasteiger partial charge >= 0.3 is 0 Å². The van der Waals surface area contributed by atoms with Crippen molar-refractivity contribution < 1.29 is 9.53 Å². The molecule has 0 aliphatic carbocycles. The normalized spacial score (nSPS) is 12.1. The summed E-state index contributed by atoms with van der Waals surface area (Å²) in [6.07, 6.45) is 3.74. The Hall–Kier alpha value is -3.61. The Morgan fingerprint density at radius 3 is 2.86 bits per heavy atom. The molecule has 0 saturated carbocycles. The van der Waals surface area contributed by atoms with Crippen LogP contribution in [0.25, 0.3) is 11.0 Å². The zero-order chi connectivity index (χ0) is 19.5. The molecule has 4 rings (SSSR count). The third-order valence-corrected chi connectivity index (χ3v) is 4.60. The molecule has 0 fully saturated rings. The van der Waals surface area contributed by atoms with Gasteiger partial charge in [-0.1, -0.05) is 30.3 Å². The lowest BCUT2D eigenvalue weighted by molar-refractivity contribution is 0.0935. The molecule has 142 valence electrons. The van der Waals surface area contributed by atoms with E-state index in [1.165, 1.54) is 5.56 Å². The number of hydrogen-bond donors (Lipinski definition) is 2. The van der Waals surface area contributed by atoms with E-state index >= 15 is 0 Å². The second kappa shape index (κ2) is 7.56.